The van der Waals surface area contributed by atoms with Crippen molar-refractivity contribution in [1.29, 1.82) is 0 Å². The fraction of sp³-hybridized carbons (Fsp3) is 0.667. The molecule has 0 radical (unpaired) electrons. The molecule has 4 saturated carbocycles. The molecule has 0 bridgehead atoms. The summed E-state index contributed by atoms with van der Waals surface area (Å²) in [4.78, 5) is 55.1. The first-order valence-electron chi connectivity index (χ1n) is 25.9. The van der Waals surface area contributed by atoms with Crippen LogP contribution in [0.1, 0.15) is 95.8 Å². The molecule has 4 heterocycles. The summed E-state index contributed by atoms with van der Waals surface area (Å²) in [5, 5.41) is 0. The molecule has 5 unspecified atom stereocenters. The molecule has 9 rings (SSSR count). The molecule has 4 aliphatic carbocycles. The molecule has 3 aromatic rings. The monoisotopic (exact) mass is 1140 g/mol. The molecule has 2 saturated heterocycles. The Hall–Kier alpha value is -5.19. The quantitative estimate of drug-likeness (QED) is 0.183. The number of nitrogens with one attached hydrogen (secondary N) is 1. The standard InChI is InChI=1S/C21H31F2N5O5S.C19H31N3O5S.C11H10F2N2O/c1-13-10-15(26-34(30,31)27(2)3)16(28(13)19(29)32-4)12-33-14-6-7-20(17(11-14)21(20,22)23)18-24-8-5-9-25-18;1-7-17-18(12-14(2)22(17)19(23)27-6)21(28(24,25)20(3)4)13-15-8-10-16(26-5)11-9-15;12-11(13)8-6-7(16)2-3-10(8,11)9-14-4-1-5-15-9/h5,8-9,13-17,26H,6-7,10-12H2,1-4H3;8-11,14,17-18H,7,12-13H2,1-6H3;1,4-5,8H,2-3,6H2/t13-,14?,15+,16+,17?,20?;14-,17+,18+;/m11./s1. The van der Waals surface area contributed by atoms with E-state index in [-0.39, 0.29) is 86.9 Å². The maximum atomic E-state index is 14.9. The van der Waals surface area contributed by atoms with Crippen molar-refractivity contribution in [3.63, 3.8) is 0 Å². The number of nitrogens with zero attached hydrogens (tertiary/aromatic N) is 9. The average Bonchev–Trinajstić information content (AvgIpc) is 4.07. The Labute approximate surface area is 454 Å². The molecule has 2 aliphatic heterocycles. The molecule has 1 aromatic carbocycles. The molecule has 78 heavy (non-hydrogen) atoms. The number of fused-ring (bicyclic) bond motifs is 2. The smallest absolute Gasteiger partial charge is 0.410 e. The first kappa shape index (κ1) is 60.5. The highest BCUT2D eigenvalue weighted by atomic mass is 32.2. The predicted octanol–water partition coefficient (Wildman–Crippen LogP) is 5.59. The van der Waals surface area contributed by atoms with Crippen molar-refractivity contribution in [1.82, 2.24) is 47.4 Å². The number of amides is 2. The van der Waals surface area contributed by atoms with Crippen molar-refractivity contribution in [3.8, 4) is 5.75 Å². The van der Waals surface area contributed by atoms with Crippen LogP contribution in [0.25, 0.3) is 0 Å². The number of aromatic nitrogens is 4. The zero-order chi connectivity index (χ0) is 57.3. The number of hydrogen-bond donors (Lipinski definition) is 1. The second kappa shape index (κ2) is 23.5. The van der Waals surface area contributed by atoms with E-state index in [4.69, 9.17) is 18.9 Å². The number of methoxy groups -OCH3 is 3. The molecular formula is C51H72F4N10O11S2. The van der Waals surface area contributed by atoms with E-state index in [2.05, 4.69) is 24.7 Å². The van der Waals surface area contributed by atoms with E-state index < -0.39 is 85.3 Å². The SMILES string of the molecule is CC[C@H]1[C@@H](N(Cc2ccc(OC)cc2)S(=O)(=O)N(C)C)C[C@@H](C)N1C(=O)OC.COC(=O)N1[C@H](C)C[C@H](NS(=O)(=O)N(C)C)[C@@H]1COC1CCC2(c3ncccn3)C(C1)C2(F)F.O=C1CCC2(c3ncccn3)C(C1)C2(F)F. The van der Waals surface area contributed by atoms with Crippen LogP contribution in [-0.4, -0.2) is 188 Å². The van der Waals surface area contributed by atoms with Gasteiger partial charge in [-0.1, -0.05) is 19.1 Å². The fourth-order valence-corrected chi connectivity index (χ4v) is 14.3. The first-order chi connectivity index (χ1) is 36.7. The van der Waals surface area contributed by atoms with Gasteiger partial charge >= 0.3 is 12.2 Å². The minimum atomic E-state index is -3.76. The number of halogens is 4. The van der Waals surface area contributed by atoms with Crippen molar-refractivity contribution >= 4 is 38.4 Å². The molecule has 27 heteroatoms. The van der Waals surface area contributed by atoms with Gasteiger partial charge in [-0.15, -0.1) is 0 Å². The molecule has 21 nitrogen and oxygen atoms in total. The summed E-state index contributed by atoms with van der Waals surface area (Å²) in [5.74, 6) is -6.53. The number of carbonyl (C=O) groups excluding carboxylic acids is 3. The Balaban J connectivity index is 0.000000180. The minimum Gasteiger partial charge on any atom is -0.497 e. The number of ketones is 1. The third-order valence-corrected chi connectivity index (χ3v) is 19.9. The van der Waals surface area contributed by atoms with Crippen molar-refractivity contribution in [2.45, 2.75) is 150 Å². The van der Waals surface area contributed by atoms with E-state index in [9.17, 15) is 48.8 Å². The molecule has 432 valence electrons. The van der Waals surface area contributed by atoms with Gasteiger partial charge in [-0.25, -0.2) is 47.1 Å². The largest absolute Gasteiger partial charge is 0.497 e. The molecule has 6 fully saturated rings. The number of ether oxygens (including phenoxy) is 4. The number of alkyl halides is 4. The third kappa shape index (κ3) is 11.3. The highest BCUT2D eigenvalue weighted by Gasteiger charge is 2.84. The summed E-state index contributed by atoms with van der Waals surface area (Å²) in [6.45, 7) is 5.89. The summed E-state index contributed by atoms with van der Waals surface area (Å²) in [6.07, 6.45) is 7.05. The summed E-state index contributed by atoms with van der Waals surface area (Å²) in [7, 11) is 2.59. The summed E-state index contributed by atoms with van der Waals surface area (Å²) in [5.41, 5.74) is -1.76. The normalized spacial score (nSPS) is 30.6. The minimum absolute atomic E-state index is 0.00213. The van der Waals surface area contributed by atoms with Gasteiger partial charge in [0.1, 0.15) is 34.0 Å². The number of carbonyl (C=O) groups is 3. The van der Waals surface area contributed by atoms with Crippen molar-refractivity contribution in [2.75, 3.05) is 56.1 Å². The van der Waals surface area contributed by atoms with Crippen LogP contribution in [0, 0.1) is 11.8 Å². The van der Waals surface area contributed by atoms with Gasteiger partial charge in [0.25, 0.3) is 32.3 Å². The predicted molar refractivity (Wildman–Crippen MR) is 276 cm³/mol. The zero-order valence-electron chi connectivity index (χ0n) is 45.6. The lowest BCUT2D eigenvalue weighted by Crippen LogP contribution is -2.52. The zero-order valence-corrected chi connectivity index (χ0v) is 47.2. The molecule has 6 aliphatic rings. The number of rotatable bonds is 15. The molecule has 11 atom stereocenters. The Bertz CT molecular complexity index is 2820. The van der Waals surface area contributed by atoms with Gasteiger partial charge in [0.15, 0.2) is 0 Å². The topological polar surface area (TPSA) is 236 Å². The van der Waals surface area contributed by atoms with E-state index in [1.54, 1.807) is 31.1 Å². The van der Waals surface area contributed by atoms with Crippen LogP contribution < -0.4 is 9.46 Å². The Morgan fingerprint density at radius 2 is 1.27 bits per heavy atom. The summed E-state index contributed by atoms with van der Waals surface area (Å²) in [6, 6.07) is 8.29. The first-order valence-corrected chi connectivity index (χ1v) is 28.7. The maximum Gasteiger partial charge on any atom is 0.410 e. The number of hydrogen-bond acceptors (Lipinski definition) is 15. The molecule has 0 spiro atoms. The van der Waals surface area contributed by atoms with E-state index in [1.165, 1.54) is 80.7 Å². The number of likely N-dealkylation sites (tertiary alicyclic amines) is 2. The van der Waals surface area contributed by atoms with Gasteiger partial charge in [-0.2, -0.15) is 34.5 Å². The summed E-state index contributed by atoms with van der Waals surface area (Å²) < 4.78 is 136. The molecule has 1 N–H and O–H groups in total. The van der Waals surface area contributed by atoms with Gasteiger partial charge in [0.2, 0.25) is 0 Å². The molecular weight excluding hydrogens is 1070 g/mol. The van der Waals surface area contributed by atoms with Crippen LogP contribution in [0.2, 0.25) is 0 Å². The van der Waals surface area contributed by atoms with Gasteiger partial charge in [-0.3, -0.25) is 9.69 Å². The van der Waals surface area contributed by atoms with E-state index >= 15 is 0 Å². The van der Waals surface area contributed by atoms with Gasteiger partial charge in [0.05, 0.1) is 46.1 Å². The van der Waals surface area contributed by atoms with Gasteiger partial charge in [-0.05, 0) is 88.6 Å². The van der Waals surface area contributed by atoms with Crippen LogP contribution >= 0.6 is 0 Å². The Morgan fingerprint density at radius 1 is 0.744 bits per heavy atom. The van der Waals surface area contributed by atoms with Gasteiger partial charge < -0.3 is 23.8 Å². The highest BCUT2D eigenvalue weighted by molar-refractivity contribution is 7.87. The van der Waals surface area contributed by atoms with Crippen molar-refractivity contribution in [3.05, 3.63) is 78.4 Å². The Morgan fingerprint density at radius 3 is 1.76 bits per heavy atom. The highest BCUT2D eigenvalue weighted by Crippen LogP contribution is 2.72. The summed E-state index contributed by atoms with van der Waals surface area (Å²) >= 11 is 0. The Kier molecular flexibility index (Phi) is 18.2. The van der Waals surface area contributed by atoms with Crippen LogP contribution in [0.3, 0.4) is 0 Å². The number of Topliss-reactive ketones (excluding diaryl/α,β-unsaturated/α-hetero) is 1. The average molecular weight is 1140 g/mol. The van der Waals surface area contributed by atoms with E-state index in [1.807, 2.05) is 38.1 Å². The lowest BCUT2D eigenvalue weighted by molar-refractivity contribution is -0.120. The molecule has 2 aromatic heterocycles. The van der Waals surface area contributed by atoms with E-state index in [0.717, 1.165) is 9.87 Å². The second-order valence-electron chi connectivity index (χ2n) is 21.1. The van der Waals surface area contributed by atoms with Crippen molar-refractivity contribution in [2.24, 2.45) is 11.8 Å². The lowest BCUT2D eigenvalue weighted by atomic mass is 9.86. The lowest BCUT2D eigenvalue weighted by Gasteiger charge is -2.35. The van der Waals surface area contributed by atoms with Crippen LogP contribution in [0.4, 0.5) is 27.2 Å². The van der Waals surface area contributed by atoms with Crippen LogP contribution in [0.5, 0.6) is 5.75 Å². The van der Waals surface area contributed by atoms with E-state index in [0.29, 0.717) is 31.4 Å². The van der Waals surface area contributed by atoms with Gasteiger partial charge in [0, 0.05) is 108 Å². The number of benzene rings is 1. The maximum absolute atomic E-state index is 14.9. The molecule has 2 amide bonds. The van der Waals surface area contributed by atoms with Crippen molar-refractivity contribution < 1.29 is 67.7 Å². The van der Waals surface area contributed by atoms with Crippen LogP contribution in [0.15, 0.2) is 61.2 Å². The van der Waals surface area contributed by atoms with Crippen LogP contribution in [-0.2, 0) is 56.8 Å². The third-order valence-electron chi connectivity index (χ3n) is 16.5. The second-order valence-corrected chi connectivity index (χ2v) is 25.2. The fourth-order valence-electron chi connectivity index (χ4n) is 12.1.